The van der Waals surface area contributed by atoms with Crippen LogP contribution in [-0.2, 0) is 7.05 Å². The quantitative estimate of drug-likeness (QED) is 0.702. The van der Waals surface area contributed by atoms with Gasteiger partial charge in [-0.3, -0.25) is 19.7 Å². The Balaban J connectivity index is 2.06. The molecule has 7 nitrogen and oxygen atoms in total. The monoisotopic (exact) mass is 315 g/mol. The number of rotatable bonds is 2. The molecular formula is C14H13N5O2S. The molecule has 0 atom stereocenters. The van der Waals surface area contributed by atoms with Crippen molar-refractivity contribution in [3.05, 3.63) is 56.8 Å². The second-order valence-electron chi connectivity index (χ2n) is 4.85. The van der Waals surface area contributed by atoms with Gasteiger partial charge < -0.3 is 4.98 Å². The van der Waals surface area contributed by atoms with Gasteiger partial charge in [-0.1, -0.05) is 12.1 Å². The highest BCUT2D eigenvalue weighted by atomic mass is 32.1. The molecule has 0 bridgehead atoms. The maximum Gasteiger partial charge on any atom is 0.290 e. The Labute approximate surface area is 130 Å². The summed E-state index contributed by atoms with van der Waals surface area (Å²) in [6.07, 6.45) is 0. The van der Waals surface area contributed by atoms with Crippen molar-refractivity contribution in [3.8, 4) is 0 Å². The first kappa shape index (κ1) is 14.2. The second kappa shape index (κ2) is 5.23. The lowest BCUT2D eigenvalue weighted by Gasteiger charge is -2.08. The fourth-order valence-corrected chi connectivity index (χ4v) is 2.33. The molecule has 2 heterocycles. The van der Waals surface area contributed by atoms with Crippen molar-refractivity contribution < 1.29 is 4.79 Å². The largest absolute Gasteiger partial charge is 0.330 e. The molecule has 3 rings (SSSR count). The van der Waals surface area contributed by atoms with Gasteiger partial charge in [0.2, 0.25) is 0 Å². The normalized spacial score (nSPS) is 10.8. The summed E-state index contributed by atoms with van der Waals surface area (Å²) in [5.74, 6) is -0.499. The molecule has 112 valence electrons. The van der Waals surface area contributed by atoms with Crippen molar-refractivity contribution in [2.24, 2.45) is 7.05 Å². The van der Waals surface area contributed by atoms with Crippen LogP contribution in [0.15, 0.2) is 35.1 Å². The van der Waals surface area contributed by atoms with Gasteiger partial charge in [0.05, 0.1) is 10.9 Å². The minimum atomic E-state index is -0.499. The molecule has 0 fully saturated rings. The maximum atomic E-state index is 12.4. The van der Waals surface area contributed by atoms with Crippen LogP contribution in [0.3, 0.4) is 0 Å². The maximum absolute atomic E-state index is 12.4. The molecule has 22 heavy (non-hydrogen) atoms. The molecule has 8 heteroatoms. The highest BCUT2D eigenvalue weighted by Gasteiger charge is 2.13. The van der Waals surface area contributed by atoms with Gasteiger partial charge >= 0.3 is 0 Å². The van der Waals surface area contributed by atoms with Crippen LogP contribution in [0, 0.1) is 11.7 Å². The number of H-pyrrole nitrogens is 1. The summed E-state index contributed by atoms with van der Waals surface area (Å²) in [7, 11) is 1.74. The highest BCUT2D eigenvalue weighted by molar-refractivity contribution is 7.71. The molecule has 0 spiro atoms. The van der Waals surface area contributed by atoms with E-state index >= 15 is 0 Å². The summed E-state index contributed by atoms with van der Waals surface area (Å²) >= 11 is 5.13. The zero-order valence-corrected chi connectivity index (χ0v) is 12.8. The van der Waals surface area contributed by atoms with E-state index in [9.17, 15) is 9.59 Å². The van der Waals surface area contributed by atoms with Gasteiger partial charge in [-0.25, -0.2) is 0 Å². The summed E-state index contributed by atoms with van der Waals surface area (Å²) in [6.45, 7) is 1.83. The average molecular weight is 315 g/mol. The lowest BCUT2D eigenvalue weighted by molar-refractivity contribution is 0.100. The van der Waals surface area contributed by atoms with E-state index in [2.05, 4.69) is 15.5 Å². The summed E-state index contributed by atoms with van der Waals surface area (Å²) in [6, 6.07) is 8.59. The summed E-state index contributed by atoms with van der Waals surface area (Å²) in [5.41, 5.74) is 3.77. The smallest absolute Gasteiger partial charge is 0.290 e. The van der Waals surface area contributed by atoms with Crippen LogP contribution in [0.1, 0.15) is 16.2 Å². The van der Waals surface area contributed by atoms with Crippen LogP contribution >= 0.6 is 12.2 Å². The van der Waals surface area contributed by atoms with Crippen molar-refractivity contribution in [1.82, 2.24) is 19.4 Å². The predicted octanol–water partition coefficient (Wildman–Crippen LogP) is 1.48. The molecule has 3 aromatic rings. The SMILES string of the molecule is Cc1cc(C(=O)Nn2c(=S)[nH]c3ccccc3c2=O)nn1C. The zero-order chi connectivity index (χ0) is 15.9. The van der Waals surface area contributed by atoms with Gasteiger partial charge in [-0.05, 0) is 37.3 Å². The van der Waals surface area contributed by atoms with E-state index in [0.29, 0.717) is 10.9 Å². The summed E-state index contributed by atoms with van der Waals surface area (Å²) < 4.78 is 2.72. The van der Waals surface area contributed by atoms with Crippen LogP contribution in [-0.4, -0.2) is 25.3 Å². The van der Waals surface area contributed by atoms with E-state index in [4.69, 9.17) is 12.2 Å². The number of fused-ring (bicyclic) bond motifs is 1. The summed E-state index contributed by atoms with van der Waals surface area (Å²) in [4.78, 5) is 27.5. The molecule has 0 saturated heterocycles. The second-order valence-corrected chi connectivity index (χ2v) is 5.24. The number of carbonyl (C=O) groups is 1. The van der Waals surface area contributed by atoms with E-state index in [-0.39, 0.29) is 16.0 Å². The van der Waals surface area contributed by atoms with Crippen LogP contribution < -0.4 is 11.0 Å². The third kappa shape index (κ3) is 2.33. The molecular weight excluding hydrogens is 302 g/mol. The fraction of sp³-hybridized carbons (Fsp3) is 0.143. The lowest BCUT2D eigenvalue weighted by atomic mass is 10.2. The number of carbonyl (C=O) groups excluding carboxylic acids is 1. The summed E-state index contributed by atoms with van der Waals surface area (Å²) in [5, 5.41) is 4.51. The molecule has 2 aromatic heterocycles. The predicted molar refractivity (Wildman–Crippen MR) is 85.0 cm³/mol. The minimum absolute atomic E-state index is 0.115. The van der Waals surface area contributed by atoms with E-state index in [0.717, 1.165) is 10.4 Å². The molecule has 0 aliphatic rings. The van der Waals surface area contributed by atoms with Crippen LogP contribution in [0.25, 0.3) is 10.9 Å². The third-order valence-electron chi connectivity index (χ3n) is 3.37. The van der Waals surface area contributed by atoms with Gasteiger partial charge in [0, 0.05) is 12.7 Å². The molecule has 1 amide bonds. The first-order valence-corrected chi connectivity index (χ1v) is 6.94. The number of aromatic amines is 1. The topological polar surface area (TPSA) is 84.7 Å². The van der Waals surface area contributed by atoms with E-state index in [1.165, 1.54) is 0 Å². The first-order valence-electron chi connectivity index (χ1n) is 6.53. The number of aromatic nitrogens is 4. The van der Waals surface area contributed by atoms with E-state index < -0.39 is 5.91 Å². The Kier molecular flexibility index (Phi) is 3.38. The van der Waals surface area contributed by atoms with Crippen molar-refractivity contribution >= 4 is 29.0 Å². The standard InChI is InChI=1S/C14H13N5O2S/c1-8-7-11(16-18(8)2)12(20)17-19-13(21)9-5-3-4-6-10(9)15-14(19)22/h3-7H,1-2H3,(H,15,22)(H,17,20). The Hall–Kier alpha value is -2.74. The average Bonchev–Trinajstić information content (AvgIpc) is 2.83. The Morgan fingerprint density at radius 3 is 2.77 bits per heavy atom. The first-order chi connectivity index (χ1) is 10.5. The third-order valence-corrected chi connectivity index (χ3v) is 3.65. The minimum Gasteiger partial charge on any atom is -0.330 e. The zero-order valence-electron chi connectivity index (χ0n) is 12.0. The van der Waals surface area contributed by atoms with Gasteiger partial charge in [0.15, 0.2) is 10.5 Å². The lowest BCUT2D eigenvalue weighted by Crippen LogP contribution is -2.34. The molecule has 2 N–H and O–H groups in total. The van der Waals surface area contributed by atoms with Crippen molar-refractivity contribution in [1.29, 1.82) is 0 Å². The number of para-hydroxylation sites is 1. The number of nitrogens with zero attached hydrogens (tertiary/aromatic N) is 3. The number of aryl methyl sites for hydroxylation is 2. The number of hydrogen-bond acceptors (Lipinski definition) is 4. The van der Waals surface area contributed by atoms with Crippen molar-refractivity contribution in [2.75, 3.05) is 5.43 Å². The van der Waals surface area contributed by atoms with Gasteiger partial charge in [0.25, 0.3) is 11.5 Å². The van der Waals surface area contributed by atoms with Crippen LogP contribution in [0.2, 0.25) is 0 Å². The van der Waals surface area contributed by atoms with Gasteiger partial charge in [-0.15, -0.1) is 0 Å². The number of hydrogen-bond donors (Lipinski definition) is 2. The molecule has 0 aliphatic heterocycles. The highest BCUT2D eigenvalue weighted by Crippen LogP contribution is 2.06. The van der Waals surface area contributed by atoms with Gasteiger partial charge in [-0.2, -0.15) is 9.77 Å². The number of nitrogens with one attached hydrogen (secondary N) is 2. The van der Waals surface area contributed by atoms with Crippen molar-refractivity contribution in [3.63, 3.8) is 0 Å². The van der Waals surface area contributed by atoms with E-state index in [1.807, 2.05) is 6.92 Å². The Morgan fingerprint density at radius 2 is 2.09 bits per heavy atom. The van der Waals surface area contributed by atoms with Crippen LogP contribution in [0.4, 0.5) is 0 Å². The molecule has 0 saturated carbocycles. The Bertz CT molecular complexity index is 979. The number of amides is 1. The van der Waals surface area contributed by atoms with Crippen LogP contribution in [0.5, 0.6) is 0 Å². The van der Waals surface area contributed by atoms with E-state index in [1.54, 1.807) is 42.1 Å². The molecule has 0 radical (unpaired) electrons. The fourth-order valence-electron chi connectivity index (χ4n) is 2.09. The molecule has 0 unspecified atom stereocenters. The molecule has 0 aliphatic carbocycles. The Morgan fingerprint density at radius 1 is 1.36 bits per heavy atom. The number of benzene rings is 1. The molecule has 1 aromatic carbocycles. The van der Waals surface area contributed by atoms with Gasteiger partial charge in [0.1, 0.15) is 0 Å². The van der Waals surface area contributed by atoms with Crippen molar-refractivity contribution in [2.45, 2.75) is 6.92 Å².